The van der Waals surface area contributed by atoms with E-state index in [0.717, 1.165) is 18.4 Å². The Morgan fingerprint density at radius 3 is 2.59 bits per heavy atom. The van der Waals surface area contributed by atoms with Crippen molar-refractivity contribution in [3.63, 3.8) is 0 Å². The van der Waals surface area contributed by atoms with Crippen molar-refractivity contribution < 1.29 is 14.3 Å². The van der Waals surface area contributed by atoms with Crippen molar-refractivity contribution in [2.45, 2.75) is 31.8 Å². The Kier molecular flexibility index (Phi) is 6.13. The number of ether oxygens (including phenoxy) is 1. The van der Waals surface area contributed by atoms with Crippen molar-refractivity contribution in [1.29, 1.82) is 0 Å². The van der Waals surface area contributed by atoms with Gasteiger partial charge in [0.25, 0.3) is 5.56 Å². The maximum Gasteiger partial charge on any atom is 0.330 e. The maximum atomic E-state index is 13.4. The molecule has 1 atom stereocenters. The standard InChI is InChI=1S/C22H27N5O5/c1-32-10-9-25(21(30)15-11-17(28)26(13-15)16-7-8-16)18-19(23)27(22(31)24-20(18)29)12-14-5-3-2-4-6-14/h2-6,15-16H,7-13,23H2,1H3,(H,24,29,31). The first-order valence-corrected chi connectivity index (χ1v) is 10.7. The van der Waals surface area contributed by atoms with Gasteiger partial charge in [-0.3, -0.25) is 23.9 Å². The summed E-state index contributed by atoms with van der Waals surface area (Å²) in [6, 6.07) is 9.41. The summed E-state index contributed by atoms with van der Waals surface area (Å²) < 4.78 is 6.37. The van der Waals surface area contributed by atoms with E-state index in [4.69, 9.17) is 10.5 Å². The molecule has 1 aromatic carbocycles. The van der Waals surface area contributed by atoms with E-state index >= 15 is 0 Å². The number of methoxy groups -OCH3 is 1. The van der Waals surface area contributed by atoms with Crippen LogP contribution in [0.5, 0.6) is 0 Å². The van der Waals surface area contributed by atoms with Crippen LogP contribution in [0.15, 0.2) is 39.9 Å². The molecule has 2 heterocycles. The molecule has 4 rings (SSSR count). The van der Waals surface area contributed by atoms with Gasteiger partial charge >= 0.3 is 5.69 Å². The Morgan fingerprint density at radius 2 is 1.94 bits per heavy atom. The fourth-order valence-corrected chi connectivity index (χ4v) is 4.13. The number of aromatic amines is 1. The molecule has 10 heteroatoms. The van der Waals surface area contributed by atoms with E-state index in [-0.39, 0.29) is 55.5 Å². The zero-order chi connectivity index (χ0) is 22.8. The molecule has 1 aliphatic heterocycles. The lowest BCUT2D eigenvalue weighted by Crippen LogP contribution is -2.45. The van der Waals surface area contributed by atoms with E-state index in [1.807, 2.05) is 30.3 Å². The largest absolute Gasteiger partial charge is 0.383 e. The smallest absolute Gasteiger partial charge is 0.330 e. The van der Waals surface area contributed by atoms with E-state index in [1.165, 1.54) is 16.6 Å². The van der Waals surface area contributed by atoms with Gasteiger partial charge in [-0.1, -0.05) is 30.3 Å². The molecule has 0 bridgehead atoms. The van der Waals surface area contributed by atoms with E-state index in [9.17, 15) is 19.2 Å². The fraction of sp³-hybridized carbons (Fsp3) is 0.455. The molecule has 1 saturated carbocycles. The van der Waals surface area contributed by atoms with Crippen LogP contribution in [-0.2, 0) is 20.9 Å². The molecule has 1 saturated heterocycles. The lowest BCUT2D eigenvalue weighted by atomic mass is 10.1. The van der Waals surface area contributed by atoms with E-state index in [0.29, 0.717) is 6.54 Å². The number of nitrogens with one attached hydrogen (secondary N) is 1. The number of aromatic nitrogens is 2. The Bertz CT molecular complexity index is 1120. The first-order valence-electron chi connectivity index (χ1n) is 10.7. The number of H-pyrrole nitrogens is 1. The number of nitrogens with two attached hydrogens (primary N) is 1. The third-order valence-corrected chi connectivity index (χ3v) is 5.95. The Morgan fingerprint density at radius 1 is 1.22 bits per heavy atom. The van der Waals surface area contributed by atoms with Crippen LogP contribution in [0.4, 0.5) is 11.5 Å². The zero-order valence-corrected chi connectivity index (χ0v) is 18.0. The normalized spacial score (nSPS) is 18.2. The van der Waals surface area contributed by atoms with Gasteiger partial charge in [0.1, 0.15) is 5.82 Å². The van der Waals surface area contributed by atoms with Crippen LogP contribution in [0.2, 0.25) is 0 Å². The lowest BCUT2D eigenvalue weighted by Gasteiger charge is -2.26. The molecule has 2 aliphatic rings. The van der Waals surface area contributed by atoms with Crippen LogP contribution in [0.1, 0.15) is 24.8 Å². The monoisotopic (exact) mass is 441 g/mol. The molecule has 3 N–H and O–H groups in total. The maximum absolute atomic E-state index is 13.4. The summed E-state index contributed by atoms with van der Waals surface area (Å²) in [4.78, 5) is 56.4. The number of carbonyl (C=O) groups is 2. The van der Waals surface area contributed by atoms with Gasteiger partial charge in [0.05, 0.1) is 19.1 Å². The molecule has 10 nitrogen and oxygen atoms in total. The fourth-order valence-electron chi connectivity index (χ4n) is 4.13. The van der Waals surface area contributed by atoms with Crippen LogP contribution in [0.25, 0.3) is 0 Å². The van der Waals surface area contributed by atoms with Gasteiger partial charge in [-0.2, -0.15) is 0 Å². The van der Waals surface area contributed by atoms with Gasteiger partial charge in [-0.25, -0.2) is 4.79 Å². The first kappa shape index (κ1) is 21.8. The van der Waals surface area contributed by atoms with Crippen LogP contribution in [-0.4, -0.2) is 59.1 Å². The molecule has 1 aromatic heterocycles. The molecular formula is C22H27N5O5. The molecule has 1 unspecified atom stereocenters. The summed E-state index contributed by atoms with van der Waals surface area (Å²) >= 11 is 0. The number of hydrogen-bond acceptors (Lipinski definition) is 6. The molecule has 0 spiro atoms. The topological polar surface area (TPSA) is 131 Å². The first-order chi connectivity index (χ1) is 15.4. The number of amides is 2. The van der Waals surface area contributed by atoms with Crippen molar-refractivity contribution >= 4 is 23.3 Å². The Hall–Kier alpha value is -3.40. The molecule has 2 amide bonds. The highest BCUT2D eigenvalue weighted by atomic mass is 16.5. The van der Waals surface area contributed by atoms with Gasteiger partial charge in [0.15, 0.2) is 5.69 Å². The summed E-state index contributed by atoms with van der Waals surface area (Å²) in [5.74, 6) is -1.10. The second-order valence-corrected chi connectivity index (χ2v) is 8.23. The highest BCUT2D eigenvalue weighted by molar-refractivity contribution is 6.00. The number of nitrogen functional groups attached to an aromatic ring is 1. The zero-order valence-electron chi connectivity index (χ0n) is 18.0. The summed E-state index contributed by atoms with van der Waals surface area (Å²) in [6.07, 6.45) is 2.01. The molecule has 170 valence electrons. The number of benzene rings is 1. The predicted molar refractivity (Wildman–Crippen MR) is 118 cm³/mol. The number of likely N-dealkylation sites (tertiary alicyclic amines) is 1. The van der Waals surface area contributed by atoms with Crippen molar-refractivity contribution in [2.24, 2.45) is 5.92 Å². The molecule has 2 fully saturated rings. The second kappa shape index (κ2) is 8.99. The number of hydrogen-bond donors (Lipinski definition) is 2. The number of rotatable bonds is 8. The van der Waals surface area contributed by atoms with Gasteiger partial charge in [-0.05, 0) is 18.4 Å². The van der Waals surface area contributed by atoms with E-state index < -0.39 is 17.2 Å². The molecule has 0 radical (unpaired) electrons. The average Bonchev–Trinajstić information content (AvgIpc) is 3.55. The van der Waals surface area contributed by atoms with Crippen LogP contribution in [0, 0.1) is 5.92 Å². The van der Waals surface area contributed by atoms with E-state index in [1.54, 1.807) is 4.90 Å². The van der Waals surface area contributed by atoms with Crippen LogP contribution >= 0.6 is 0 Å². The average molecular weight is 441 g/mol. The molecule has 1 aliphatic carbocycles. The SMILES string of the molecule is COCCN(C(=O)C1CC(=O)N(C2CC2)C1)c1c(N)n(Cc2ccccc2)c(=O)[nH]c1=O. The van der Waals surface area contributed by atoms with Gasteiger partial charge < -0.3 is 20.3 Å². The molecule has 32 heavy (non-hydrogen) atoms. The minimum absolute atomic E-state index is 0.0477. The van der Waals surface area contributed by atoms with Crippen molar-refractivity contribution in [3.8, 4) is 0 Å². The van der Waals surface area contributed by atoms with Gasteiger partial charge in [0, 0.05) is 32.7 Å². The second-order valence-electron chi connectivity index (χ2n) is 8.23. The Balaban J connectivity index is 1.69. The Labute approximate surface area is 184 Å². The van der Waals surface area contributed by atoms with Crippen LogP contribution in [0.3, 0.4) is 0 Å². The van der Waals surface area contributed by atoms with Gasteiger partial charge in [-0.15, -0.1) is 0 Å². The summed E-state index contributed by atoms with van der Waals surface area (Å²) in [6.45, 7) is 0.696. The molecular weight excluding hydrogens is 414 g/mol. The van der Waals surface area contributed by atoms with Crippen molar-refractivity contribution in [3.05, 3.63) is 56.7 Å². The van der Waals surface area contributed by atoms with Crippen LogP contribution < -0.4 is 21.9 Å². The third kappa shape index (κ3) is 4.31. The number of nitrogens with zero attached hydrogens (tertiary/aromatic N) is 3. The highest BCUT2D eigenvalue weighted by Crippen LogP contribution is 2.33. The highest BCUT2D eigenvalue weighted by Gasteiger charge is 2.43. The third-order valence-electron chi connectivity index (χ3n) is 5.95. The molecule has 2 aromatic rings. The predicted octanol–water partition coefficient (Wildman–Crippen LogP) is 0.157. The van der Waals surface area contributed by atoms with E-state index in [2.05, 4.69) is 4.98 Å². The van der Waals surface area contributed by atoms with Crippen molar-refractivity contribution in [2.75, 3.05) is 37.4 Å². The lowest BCUT2D eigenvalue weighted by molar-refractivity contribution is -0.128. The quantitative estimate of drug-likeness (QED) is 0.600. The van der Waals surface area contributed by atoms with Crippen molar-refractivity contribution in [1.82, 2.24) is 14.5 Å². The summed E-state index contributed by atoms with van der Waals surface area (Å²) in [7, 11) is 1.49. The number of anilines is 2. The van der Waals surface area contributed by atoms with Gasteiger partial charge in [0.2, 0.25) is 11.8 Å². The minimum atomic E-state index is -0.746. The number of carbonyl (C=O) groups excluding carboxylic acids is 2. The summed E-state index contributed by atoms with van der Waals surface area (Å²) in [5.41, 5.74) is 5.60. The minimum Gasteiger partial charge on any atom is -0.383 e. The summed E-state index contributed by atoms with van der Waals surface area (Å²) in [5, 5.41) is 0.